The first-order valence-electron chi connectivity index (χ1n) is 9.55. The third kappa shape index (κ3) is 4.71. The first kappa shape index (κ1) is 19.9. The Morgan fingerprint density at radius 3 is 2.50 bits per heavy atom. The van der Waals surface area contributed by atoms with Crippen molar-refractivity contribution >= 4 is 11.8 Å². The predicted octanol–water partition coefficient (Wildman–Crippen LogP) is 1.42. The van der Waals surface area contributed by atoms with Crippen LogP contribution in [-0.2, 0) is 16.0 Å². The second-order valence-corrected chi connectivity index (χ2v) is 7.04. The normalized spacial score (nSPS) is 16.0. The van der Waals surface area contributed by atoms with E-state index >= 15 is 0 Å². The Kier molecular flexibility index (Phi) is 6.33. The van der Waals surface area contributed by atoms with Crippen molar-refractivity contribution in [3.05, 3.63) is 41.5 Å². The summed E-state index contributed by atoms with van der Waals surface area (Å²) in [5.41, 5.74) is 0.833. The minimum Gasteiger partial charge on any atom is -0.353 e. The predicted molar refractivity (Wildman–Crippen MR) is 99.7 cm³/mol. The summed E-state index contributed by atoms with van der Waals surface area (Å²) < 4.78 is 14.7. The lowest BCUT2D eigenvalue weighted by Gasteiger charge is -2.34. The molecular formula is C19H25FN6O2. The molecule has 150 valence electrons. The topological polar surface area (TPSA) is 93.0 Å². The average Bonchev–Trinajstić information content (AvgIpc) is 3.13. The maximum absolute atomic E-state index is 13.3. The number of benzene rings is 1. The van der Waals surface area contributed by atoms with Gasteiger partial charge in [-0.2, -0.15) is 0 Å². The average molecular weight is 388 g/mol. The summed E-state index contributed by atoms with van der Waals surface area (Å²) in [6.07, 6.45) is 2.26. The van der Waals surface area contributed by atoms with E-state index in [4.69, 9.17) is 0 Å². The molecule has 0 radical (unpaired) electrons. The van der Waals surface area contributed by atoms with Gasteiger partial charge in [-0.1, -0.05) is 19.1 Å². The minimum atomic E-state index is -0.595. The van der Waals surface area contributed by atoms with Crippen molar-refractivity contribution in [1.29, 1.82) is 0 Å². The molecule has 2 amide bonds. The van der Waals surface area contributed by atoms with Gasteiger partial charge in [0.15, 0.2) is 0 Å². The molecule has 28 heavy (non-hydrogen) atoms. The molecular weight excluding hydrogens is 363 g/mol. The van der Waals surface area contributed by atoms with E-state index in [1.807, 2.05) is 6.92 Å². The summed E-state index contributed by atoms with van der Waals surface area (Å²) in [5.74, 6) is 0.190. The van der Waals surface area contributed by atoms with E-state index in [0.29, 0.717) is 31.8 Å². The quantitative estimate of drug-likeness (QED) is 0.808. The van der Waals surface area contributed by atoms with Crippen LogP contribution in [0.5, 0.6) is 0 Å². The Bertz CT molecular complexity index is 814. The molecule has 1 N–H and O–H groups in total. The monoisotopic (exact) mass is 388 g/mol. The van der Waals surface area contributed by atoms with Crippen LogP contribution in [0.15, 0.2) is 24.3 Å². The van der Waals surface area contributed by atoms with E-state index in [1.165, 1.54) is 16.8 Å². The van der Waals surface area contributed by atoms with Crippen LogP contribution in [0.1, 0.15) is 43.6 Å². The Balaban J connectivity index is 1.71. The highest BCUT2D eigenvalue weighted by Gasteiger charge is 2.31. The van der Waals surface area contributed by atoms with Gasteiger partial charge in [0.05, 0.1) is 0 Å². The van der Waals surface area contributed by atoms with Crippen molar-refractivity contribution in [2.75, 3.05) is 13.1 Å². The van der Waals surface area contributed by atoms with Gasteiger partial charge in [0.2, 0.25) is 11.8 Å². The van der Waals surface area contributed by atoms with E-state index in [2.05, 4.69) is 20.8 Å². The molecule has 1 atom stereocenters. The van der Waals surface area contributed by atoms with E-state index in [-0.39, 0.29) is 23.7 Å². The van der Waals surface area contributed by atoms with E-state index in [1.54, 1.807) is 24.0 Å². The van der Waals surface area contributed by atoms with Crippen LogP contribution in [0.4, 0.5) is 4.39 Å². The summed E-state index contributed by atoms with van der Waals surface area (Å²) in [7, 11) is 0. The number of piperidine rings is 1. The van der Waals surface area contributed by atoms with Gasteiger partial charge < -0.3 is 10.2 Å². The zero-order chi connectivity index (χ0) is 20.1. The molecule has 0 spiro atoms. The second-order valence-electron chi connectivity index (χ2n) is 7.04. The Labute approximate surface area is 163 Å². The van der Waals surface area contributed by atoms with Crippen LogP contribution in [0.2, 0.25) is 0 Å². The molecule has 1 aromatic heterocycles. The molecule has 0 aliphatic carbocycles. The molecule has 1 aromatic carbocycles. The number of nitrogens with one attached hydrogen (secondary N) is 1. The highest BCUT2D eigenvalue weighted by atomic mass is 19.1. The zero-order valence-electron chi connectivity index (χ0n) is 16.1. The molecule has 1 saturated heterocycles. The fourth-order valence-electron chi connectivity index (χ4n) is 3.43. The third-order valence-corrected chi connectivity index (χ3v) is 5.07. The summed E-state index contributed by atoms with van der Waals surface area (Å²) in [6.45, 7) is 4.70. The molecule has 3 rings (SSSR count). The number of carbonyl (C=O) groups is 2. The number of tetrazole rings is 1. The first-order chi connectivity index (χ1) is 13.5. The largest absolute Gasteiger partial charge is 0.353 e. The number of hydrogen-bond acceptors (Lipinski definition) is 5. The standard InChI is InChI=1S/C19H25FN6O2/c1-3-18(27)21-16-8-10-25(11-9-16)19(28)17(26-13(2)22-23-24-26)12-14-4-6-15(20)7-5-14/h4-7,16-17H,3,8-12H2,1-2H3,(H,21,27). The third-order valence-electron chi connectivity index (χ3n) is 5.07. The number of aromatic nitrogens is 4. The zero-order valence-corrected chi connectivity index (χ0v) is 16.1. The summed E-state index contributed by atoms with van der Waals surface area (Å²) in [4.78, 5) is 26.6. The molecule has 1 aliphatic rings. The molecule has 1 fully saturated rings. The van der Waals surface area contributed by atoms with E-state index in [0.717, 1.165) is 18.4 Å². The van der Waals surface area contributed by atoms with Gasteiger partial charge in [0, 0.05) is 32.0 Å². The van der Waals surface area contributed by atoms with Crippen LogP contribution in [0, 0.1) is 12.7 Å². The van der Waals surface area contributed by atoms with Crippen LogP contribution in [-0.4, -0.2) is 56.1 Å². The number of rotatable bonds is 6. The maximum Gasteiger partial charge on any atom is 0.247 e. The van der Waals surface area contributed by atoms with Crippen molar-refractivity contribution in [3.8, 4) is 0 Å². The highest BCUT2D eigenvalue weighted by Crippen LogP contribution is 2.21. The lowest BCUT2D eigenvalue weighted by atomic mass is 10.0. The summed E-state index contributed by atoms with van der Waals surface area (Å²) >= 11 is 0. The van der Waals surface area contributed by atoms with Crippen molar-refractivity contribution in [3.63, 3.8) is 0 Å². The molecule has 0 bridgehead atoms. The van der Waals surface area contributed by atoms with Crippen molar-refractivity contribution in [1.82, 2.24) is 30.4 Å². The first-order valence-corrected chi connectivity index (χ1v) is 9.55. The minimum absolute atomic E-state index is 0.0308. The van der Waals surface area contributed by atoms with Crippen molar-refractivity contribution in [2.24, 2.45) is 0 Å². The molecule has 8 nitrogen and oxygen atoms in total. The van der Waals surface area contributed by atoms with Crippen LogP contribution in [0.25, 0.3) is 0 Å². The van der Waals surface area contributed by atoms with Crippen molar-refractivity contribution < 1.29 is 14.0 Å². The number of nitrogens with zero attached hydrogens (tertiary/aromatic N) is 5. The van der Waals surface area contributed by atoms with Gasteiger partial charge in [0.25, 0.3) is 0 Å². The van der Waals surface area contributed by atoms with Crippen LogP contribution in [0.3, 0.4) is 0 Å². The Morgan fingerprint density at radius 2 is 1.93 bits per heavy atom. The molecule has 0 saturated carbocycles. The van der Waals surface area contributed by atoms with Gasteiger partial charge in [-0.15, -0.1) is 5.10 Å². The molecule has 9 heteroatoms. The van der Waals surface area contributed by atoms with E-state index < -0.39 is 6.04 Å². The highest BCUT2D eigenvalue weighted by molar-refractivity contribution is 5.81. The number of likely N-dealkylation sites (tertiary alicyclic amines) is 1. The maximum atomic E-state index is 13.3. The van der Waals surface area contributed by atoms with Crippen LogP contribution < -0.4 is 5.32 Å². The molecule has 1 aliphatic heterocycles. The number of halogens is 1. The number of amides is 2. The Morgan fingerprint density at radius 1 is 1.25 bits per heavy atom. The van der Waals surface area contributed by atoms with Gasteiger partial charge in [-0.05, 0) is 47.9 Å². The summed E-state index contributed by atoms with van der Waals surface area (Å²) in [6, 6.07) is 5.60. The van der Waals surface area contributed by atoms with Crippen LogP contribution >= 0.6 is 0 Å². The fraction of sp³-hybridized carbons (Fsp3) is 0.526. The molecule has 2 aromatic rings. The van der Waals surface area contributed by atoms with Crippen molar-refractivity contribution in [2.45, 2.75) is 51.6 Å². The fourth-order valence-corrected chi connectivity index (χ4v) is 3.43. The van der Waals surface area contributed by atoms with Gasteiger partial charge in [-0.3, -0.25) is 9.59 Å². The Hall–Kier alpha value is -2.84. The SMILES string of the molecule is CCC(=O)NC1CCN(C(=O)C(Cc2ccc(F)cc2)n2nnnc2C)CC1. The van der Waals surface area contributed by atoms with E-state index in [9.17, 15) is 14.0 Å². The number of carbonyl (C=O) groups excluding carboxylic acids is 2. The van der Waals surface area contributed by atoms with Gasteiger partial charge >= 0.3 is 0 Å². The molecule has 1 unspecified atom stereocenters. The lowest BCUT2D eigenvalue weighted by Crippen LogP contribution is -2.48. The number of aryl methyl sites for hydroxylation is 1. The van der Waals surface area contributed by atoms with Gasteiger partial charge in [0.1, 0.15) is 17.7 Å². The second kappa shape index (κ2) is 8.90. The molecule has 2 heterocycles. The van der Waals surface area contributed by atoms with Gasteiger partial charge in [-0.25, -0.2) is 9.07 Å². The smallest absolute Gasteiger partial charge is 0.247 e. The summed E-state index contributed by atoms with van der Waals surface area (Å²) in [5, 5.41) is 14.5. The number of hydrogen-bond donors (Lipinski definition) is 1. The lowest BCUT2D eigenvalue weighted by molar-refractivity contribution is -0.136.